The van der Waals surface area contributed by atoms with Gasteiger partial charge in [-0.05, 0) is 71.8 Å². The van der Waals surface area contributed by atoms with Crippen LogP contribution in [-0.4, -0.2) is 103 Å². The number of likely N-dealkylation sites (tertiary alicyclic amines) is 2. The van der Waals surface area contributed by atoms with Gasteiger partial charge in [0.25, 0.3) is 0 Å². The van der Waals surface area contributed by atoms with E-state index in [1.165, 1.54) is 5.57 Å². The fourth-order valence-corrected chi connectivity index (χ4v) is 6.68. The predicted octanol–water partition coefficient (Wildman–Crippen LogP) is 2.98. The van der Waals surface area contributed by atoms with Gasteiger partial charge in [0.05, 0.1) is 24.7 Å². The Morgan fingerprint density at radius 3 is 2.54 bits per heavy atom. The number of methoxy groups -OCH3 is 1. The van der Waals surface area contributed by atoms with Crippen LogP contribution in [0.4, 0.5) is 4.79 Å². The Morgan fingerprint density at radius 1 is 1.20 bits per heavy atom. The maximum Gasteiger partial charge on any atom is 0.410 e. The summed E-state index contributed by atoms with van der Waals surface area (Å²) in [5.74, 6) is 0.582. The van der Waals surface area contributed by atoms with Gasteiger partial charge in [0, 0.05) is 33.3 Å². The molecule has 0 bridgehead atoms. The summed E-state index contributed by atoms with van der Waals surface area (Å²) in [6.45, 7) is 11.7. The molecule has 5 fully saturated rings. The summed E-state index contributed by atoms with van der Waals surface area (Å²) >= 11 is 0. The highest BCUT2D eigenvalue weighted by Crippen LogP contribution is 2.59. The molecule has 4 saturated heterocycles. The Hall–Kier alpha value is -1.19. The third-order valence-electron chi connectivity index (χ3n) is 9.12. The quantitative estimate of drug-likeness (QED) is 0.412. The number of epoxide rings is 2. The van der Waals surface area contributed by atoms with Crippen LogP contribution in [0.5, 0.6) is 0 Å². The van der Waals surface area contributed by atoms with Crippen molar-refractivity contribution in [3.05, 3.63) is 11.6 Å². The monoisotopic (exact) mass is 492 g/mol. The van der Waals surface area contributed by atoms with Gasteiger partial charge in [0.15, 0.2) is 0 Å². The van der Waals surface area contributed by atoms with Crippen molar-refractivity contribution in [1.29, 1.82) is 0 Å². The third kappa shape index (κ3) is 5.28. The van der Waals surface area contributed by atoms with Crippen molar-refractivity contribution < 1.29 is 28.8 Å². The fraction of sp³-hybridized carbons (Fsp3) is 0.889. The molecule has 35 heavy (non-hydrogen) atoms. The van der Waals surface area contributed by atoms with Gasteiger partial charge in [-0.1, -0.05) is 11.6 Å². The second kappa shape index (κ2) is 9.93. The second-order valence-electron chi connectivity index (χ2n) is 11.9. The number of carbonyl (C=O) groups is 1. The predicted molar refractivity (Wildman–Crippen MR) is 131 cm³/mol. The van der Waals surface area contributed by atoms with E-state index in [4.69, 9.17) is 18.9 Å². The Bertz CT molecular complexity index is 797. The Morgan fingerprint density at radius 2 is 1.91 bits per heavy atom. The molecular weight excluding hydrogens is 448 g/mol. The largest absolute Gasteiger partial charge is 0.443 e. The summed E-state index contributed by atoms with van der Waals surface area (Å²) in [4.78, 5) is 17.2. The molecule has 8 nitrogen and oxygen atoms in total. The van der Waals surface area contributed by atoms with Crippen LogP contribution < -0.4 is 0 Å². The van der Waals surface area contributed by atoms with Crippen LogP contribution in [0.15, 0.2) is 11.6 Å². The summed E-state index contributed by atoms with van der Waals surface area (Å²) in [5, 5.41) is 9.67. The van der Waals surface area contributed by atoms with Gasteiger partial charge >= 0.3 is 6.09 Å². The van der Waals surface area contributed by atoms with Crippen molar-refractivity contribution in [2.75, 3.05) is 46.4 Å². The average Bonchev–Trinajstić information content (AvgIpc) is 3.71. The molecule has 0 radical (unpaired) electrons. The third-order valence-corrected chi connectivity index (χ3v) is 9.12. The smallest absolute Gasteiger partial charge is 0.410 e. The van der Waals surface area contributed by atoms with E-state index in [1.807, 2.05) is 4.90 Å². The number of carbonyl (C=O) groups excluding carboxylic acids is 1. The number of piperidine rings is 1. The van der Waals surface area contributed by atoms with E-state index in [0.29, 0.717) is 5.92 Å². The second-order valence-corrected chi connectivity index (χ2v) is 11.9. The van der Waals surface area contributed by atoms with E-state index >= 15 is 0 Å². The first-order chi connectivity index (χ1) is 16.7. The van der Waals surface area contributed by atoms with Crippen molar-refractivity contribution in [3.63, 3.8) is 0 Å². The van der Waals surface area contributed by atoms with Crippen LogP contribution in [0.25, 0.3) is 0 Å². The Balaban J connectivity index is 1.12. The van der Waals surface area contributed by atoms with Gasteiger partial charge in [-0.15, -0.1) is 0 Å². The number of ether oxygens (including phenoxy) is 4. The van der Waals surface area contributed by atoms with E-state index in [2.05, 4.69) is 31.7 Å². The van der Waals surface area contributed by atoms with Crippen LogP contribution in [0.2, 0.25) is 0 Å². The van der Waals surface area contributed by atoms with E-state index in [9.17, 15) is 9.90 Å². The lowest BCUT2D eigenvalue weighted by Crippen LogP contribution is -2.57. The van der Waals surface area contributed by atoms with Crippen molar-refractivity contribution in [2.24, 2.45) is 11.8 Å². The minimum absolute atomic E-state index is 0.0503. The number of aliphatic hydroxyl groups is 1. The van der Waals surface area contributed by atoms with Gasteiger partial charge in [0.1, 0.15) is 23.4 Å². The molecule has 6 atom stereocenters. The standard InChI is InChI=1S/C27H44N2O6/c1-18(2)5-6-22-26(3,35-22)24-23(32-4)21(7-11-27(24)17-33-27)34-25(31)29-15-19(16-29)8-12-28-13-9-20(30)10-14-28/h5,19-24,30H,6-17H2,1-4H3/t21?,22-,23?,24?,26+,27?/m1/s1. The highest BCUT2D eigenvalue weighted by Gasteiger charge is 2.72. The van der Waals surface area contributed by atoms with Gasteiger partial charge in [-0.2, -0.15) is 0 Å². The van der Waals surface area contributed by atoms with Crippen molar-refractivity contribution >= 4 is 6.09 Å². The summed E-state index contributed by atoms with van der Waals surface area (Å²) in [5.41, 5.74) is 0.770. The van der Waals surface area contributed by atoms with Gasteiger partial charge in [-0.25, -0.2) is 4.79 Å². The molecule has 4 aliphatic heterocycles. The molecule has 0 aromatic rings. The molecule has 1 saturated carbocycles. The zero-order valence-electron chi connectivity index (χ0n) is 21.9. The number of rotatable bonds is 8. The van der Waals surface area contributed by atoms with Gasteiger partial charge < -0.3 is 33.9 Å². The number of nitrogens with zero attached hydrogens (tertiary/aromatic N) is 2. The zero-order chi connectivity index (χ0) is 24.8. The lowest BCUT2D eigenvalue weighted by Gasteiger charge is -2.45. The van der Waals surface area contributed by atoms with Crippen LogP contribution in [-0.2, 0) is 18.9 Å². The summed E-state index contributed by atoms with van der Waals surface area (Å²) in [6.07, 6.45) is 6.87. The molecule has 5 aliphatic rings. The molecule has 1 aliphatic carbocycles. The fourth-order valence-electron chi connectivity index (χ4n) is 6.68. The Kier molecular flexibility index (Phi) is 7.23. The summed E-state index contributed by atoms with van der Waals surface area (Å²) < 4.78 is 24.3. The van der Waals surface area contributed by atoms with E-state index in [0.717, 1.165) is 77.9 Å². The molecule has 1 N–H and O–H groups in total. The Labute approximate surface area is 209 Å². The SMILES string of the molecule is COC1C(OC(=O)N2CC(CCN3CCC(O)CC3)C2)CCC2(CO2)C1[C@@]1(C)O[C@@H]1CC=C(C)C. The van der Waals surface area contributed by atoms with Crippen LogP contribution >= 0.6 is 0 Å². The topological polar surface area (TPSA) is 87.3 Å². The first-order valence-electron chi connectivity index (χ1n) is 13.6. The maximum absolute atomic E-state index is 13.0. The molecule has 198 valence electrons. The molecule has 8 heteroatoms. The molecule has 4 heterocycles. The molecule has 5 rings (SSSR count). The lowest BCUT2D eigenvalue weighted by atomic mass is 9.68. The first-order valence-corrected chi connectivity index (χ1v) is 13.6. The molecule has 4 unspecified atom stereocenters. The van der Waals surface area contributed by atoms with E-state index in [-0.39, 0.29) is 47.6 Å². The highest BCUT2D eigenvalue weighted by molar-refractivity contribution is 5.69. The molecule has 1 amide bonds. The van der Waals surface area contributed by atoms with Gasteiger partial charge in [-0.3, -0.25) is 0 Å². The number of allylic oxidation sites excluding steroid dienone is 1. The van der Waals surface area contributed by atoms with Crippen LogP contribution in [0, 0.1) is 11.8 Å². The van der Waals surface area contributed by atoms with Crippen LogP contribution in [0.1, 0.15) is 59.3 Å². The molecular formula is C27H44N2O6. The summed E-state index contributed by atoms with van der Waals surface area (Å²) in [7, 11) is 1.72. The van der Waals surface area contributed by atoms with Crippen molar-refractivity contribution in [1.82, 2.24) is 9.80 Å². The minimum atomic E-state index is -0.319. The van der Waals surface area contributed by atoms with Crippen molar-refractivity contribution in [3.8, 4) is 0 Å². The highest BCUT2D eigenvalue weighted by atomic mass is 16.6. The van der Waals surface area contributed by atoms with Gasteiger partial charge in [0.2, 0.25) is 0 Å². The number of hydrogen-bond donors (Lipinski definition) is 1. The first kappa shape index (κ1) is 25.5. The maximum atomic E-state index is 13.0. The molecule has 0 aromatic heterocycles. The summed E-state index contributed by atoms with van der Waals surface area (Å²) in [6, 6.07) is 0. The minimum Gasteiger partial charge on any atom is -0.443 e. The zero-order valence-corrected chi connectivity index (χ0v) is 21.9. The lowest BCUT2D eigenvalue weighted by molar-refractivity contribution is -0.124. The van der Waals surface area contributed by atoms with E-state index in [1.54, 1.807) is 7.11 Å². The molecule has 0 aromatic carbocycles. The number of amides is 1. The van der Waals surface area contributed by atoms with Crippen LogP contribution in [0.3, 0.4) is 0 Å². The number of hydrogen-bond acceptors (Lipinski definition) is 7. The average molecular weight is 493 g/mol. The number of aliphatic hydroxyl groups excluding tert-OH is 1. The normalized spacial score (nSPS) is 39.9. The van der Waals surface area contributed by atoms with E-state index < -0.39 is 0 Å². The van der Waals surface area contributed by atoms with Crippen molar-refractivity contribution in [2.45, 2.75) is 94.9 Å². The molecule has 1 spiro atoms.